The summed E-state index contributed by atoms with van der Waals surface area (Å²) in [7, 11) is 5.87. The molecule has 10 atom stereocenters. The van der Waals surface area contributed by atoms with Gasteiger partial charge in [0.15, 0.2) is 40.1 Å². The molecule has 10 unspecified atom stereocenters. The van der Waals surface area contributed by atoms with Gasteiger partial charge >= 0.3 is 5.92 Å². The number of nitrogens with zero attached hydrogens (tertiary/aromatic N) is 6. The number of aromatic nitrogens is 2. The van der Waals surface area contributed by atoms with Crippen LogP contribution in [0.25, 0.3) is 0 Å². The Bertz CT molecular complexity index is 4210. The molecule has 0 bridgehead atoms. The zero-order valence-corrected chi connectivity index (χ0v) is 73.0. The summed E-state index contributed by atoms with van der Waals surface area (Å²) in [5.41, 5.74) is -12.9. The summed E-state index contributed by atoms with van der Waals surface area (Å²) in [6.45, 7) is 45.5. The minimum Gasteiger partial charge on any atom is -0.445 e. The predicted octanol–water partition coefficient (Wildman–Crippen LogP) is 8.53. The van der Waals surface area contributed by atoms with Crippen molar-refractivity contribution in [3.63, 3.8) is 0 Å². The van der Waals surface area contributed by atoms with E-state index in [1.807, 2.05) is 163 Å². The third kappa shape index (κ3) is 31.8. The van der Waals surface area contributed by atoms with Gasteiger partial charge in [-0.1, -0.05) is 115 Å². The maximum atomic E-state index is 13.4. The summed E-state index contributed by atoms with van der Waals surface area (Å²) < 4.78 is 45.1. The van der Waals surface area contributed by atoms with Gasteiger partial charge in [-0.15, -0.1) is 0 Å². The van der Waals surface area contributed by atoms with Gasteiger partial charge in [0.05, 0.1) is 31.5 Å². The molecule has 4 amide bonds. The van der Waals surface area contributed by atoms with E-state index in [1.165, 1.54) is 43.4 Å². The number of Topliss-reactive ketones (excluding diaryl/α,β-unsaturated/α-hetero) is 2. The SMILES string of the molecule is CC(C)(C)C#CC(C)(O)c1ncco1.CC(C)(C)C#CC1(O)CCCC1=O.CC(C)(C)C#CC1(O)CCCC1=O.CC(C)(C)C#CC1(O)CCc2cccnc21.CC(C)C#CC1(O)C(=O)N(C)CC1(F)F.CN1CC(F)C(O)(C#CC(C)(C)C)C1=O.CN1CC(O)C(O)(C#CC(C)(C)C)C1=O.CN1CCC(O)(C#CC(C)(C)C)C1=O. The molecule has 2 saturated carbocycles. The Hall–Kier alpha value is -8.51. The summed E-state index contributed by atoms with van der Waals surface area (Å²) in [6, 6.07) is 3.92. The molecule has 25 heteroatoms. The molecule has 3 aliphatic carbocycles. The number of aliphatic hydroxyl groups excluding tert-OH is 1. The number of alkyl halides is 3. The van der Waals surface area contributed by atoms with Crippen LogP contribution >= 0.6 is 0 Å². The largest absolute Gasteiger partial charge is 0.445 e. The first-order valence-electron chi connectivity index (χ1n) is 38.4. The zero-order chi connectivity index (χ0) is 89.4. The van der Waals surface area contributed by atoms with Crippen molar-refractivity contribution in [3.05, 3.63) is 47.9 Å². The average molecular weight is 1610 g/mol. The summed E-state index contributed by atoms with van der Waals surface area (Å²) >= 11 is 0. The van der Waals surface area contributed by atoms with Crippen molar-refractivity contribution in [2.75, 3.05) is 54.4 Å². The number of oxazole rings is 1. The first-order valence-corrected chi connectivity index (χ1v) is 38.4. The molecule has 0 spiro atoms. The van der Waals surface area contributed by atoms with Gasteiger partial charge in [-0.25, -0.2) is 9.37 Å². The number of aryl methyl sites for hydroxylation is 1. The number of rotatable bonds is 1. The second-order valence-corrected chi connectivity index (χ2v) is 37.8. The second kappa shape index (κ2) is 38.7. The van der Waals surface area contributed by atoms with Crippen LogP contribution in [-0.4, -0.2) is 217 Å². The second-order valence-electron chi connectivity index (χ2n) is 37.8. The Kier molecular flexibility index (Phi) is 34.5. The Morgan fingerprint density at radius 1 is 0.470 bits per heavy atom. The van der Waals surface area contributed by atoms with Crippen LogP contribution in [0.15, 0.2) is 35.2 Å². The standard InChI is InChI=1S/C14H17NO.C11H16FNO2.C11H17NO3.C11H17NO2.C11H15NO2.2C11H16O2.C10H13F2NO2/c1-13(2,3)8-9-14(16)7-6-11-5-4-10-15-12(11)14;1-10(2,3)5-6-11(15)8(12)7-13(4)9(11)14;1-10(2,3)5-6-11(15)8(13)7-12(4)9(11)14;1-10(2,3)5-6-11(14)7-8-12(4)9(11)13;1-10(2,3)5-6-11(4,13)9-12-7-8-14-9;2*1-10(2,3)7-8-11(13)6-4-5-9(11)12;1-7(2)4-5-9(15)8(14)13(3)6-10(9,11)12/h4-5,10,16H,6-7H2,1-3H3;8,15H,7H2,1-4H3;8,13,15H,7H2,1-4H3;14H,7-8H2,1-4H3;7-8,13H,1-4H3;2*13H,4-6H2,1-3H3;7,15H,6H2,1-3H3. The molecule has 634 valence electrons. The lowest BCUT2D eigenvalue weighted by Gasteiger charge is -2.19. The number of pyridine rings is 1. The minimum absolute atomic E-state index is 0.0900. The summed E-state index contributed by atoms with van der Waals surface area (Å²) in [5, 5.41) is 88.8. The van der Waals surface area contributed by atoms with Gasteiger partial charge in [-0.3, -0.25) is 33.8 Å². The number of halogens is 3. The van der Waals surface area contributed by atoms with Crippen LogP contribution in [-0.2, 0) is 46.4 Å². The Labute approximate surface area is 681 Å². The molecule has 0 radical (unpaired) electrons. The molecule has 9 rings (SSSR count). The fraction of sp³-hybridized carbons (Fsp3) is 0.667. The third-order valence-electron chi connectivity index (χ3n) is 17.0. The number of ketones is 2. The van der Waals surface area contributed by atoms with Crippen molar-refractivity contribution in [3.8, 4) is 94.7 Å². The van der Waals surface area contributed by atoms with Crippen LogP contribution in [0.4, 0.5) is 13.2 Å². The quantitative estimate of drug-likeness (QED) is 0.121. The number of likely N-dealkylation sites (N-methyl/N-ethyl adjacent to an activating group) is 4. The average Bonchev–Trinajstić information content (AvgIpc) is 1.60. The van der Waals surface area contributed by atoms with Crippen molar-refractivity contribution in [2.24, 2.45) is 43.8 Å². The number of likely N-dealkylation sites (tertiary alicyclic amines) is 4. The van der Waals surface area contributed by atoms with E-state index in [9.17, 15) is 87.9 Å². The summed E-state index contributed by atoms with van der Waals surface area (Å²) in [6.07, 6.45) is 7.22. The maximum absolute atomic E-state index is 13.4. The highest BCUT2D eigenvalue weighted by Crippen LogP contribution is 2.38. The fourth-order valence-corrected chi connectivity index (χ4v) is 10.4. The molecule has 6 fully saturated rings. The molecule has 2 aromatic rings. The van der Waals surface area contributed by atoms with Crippen LogP contribution in [0.3, 0.4) is 0 Å². The van der Waals surface area contributed by atoms with E-state index in [0.29, 0.717) is 45.1 Å². The number of carbonyl (C=O) groups excluding carboxylic acids is 6. The van der Waals surface area contributed by atoms with E-state index in [4.69, 9.17) is 4.42 Å². The molecule has 2 aromatic heterocycles. The van der Waals surface area contributed by atoms with Crippen molar-refractivity contribution in [1.82, 2.24) is 29.6 Å². The lowest BCUT2D eigenvalue weighted by molar-refractivity contribution is -0.153. The topological polar surface area (TPSA) is 336 Å². The molecular formula is C90H127F3N6O16. The lowest BCUT2D eigenvalue weighted by atomic mass is 9.93. The van der Waals surface area contributed by atoms with Gasteiger partial charge < -0.3 is 70.0 Å². The van der Waals surface area contributed by atoms with Crippen molar-refractivity contribution in [1.29, 1.82) is 0 Å². The smallest absolute Gasteiger partial charge is 0.313 e. The van der Waals surface area contributed by atoms with Gasteiger partial charge in [0.25, 0.3) is 29.2 Å². The number of fused-ring (bicyclic) bond motifs is 1. The number of amides is 4. The molecule has 22 nitrogen and oxygen atoms in total. The van der Waals surface area contributed by atoms with E-state index >= 15 is 0 Å². The van der Waals surface area contributed by atoms with Crippen molar-refractivity contribution < 1.29 is 92.3 Å². The van der Waals surface area contributed by atoms with Gasteiger partial charge in [-0.2, -0.15) is 8.78 Å². The van der Waals surface area contributed by atoms with Crippen LogP contribution in [0.5, 0.6) is 0 Å². The fourth-order valence-electron chi connectivity index (χ4n) is 10.4. The molecule has 9 N–H and O–H groups in total. The normalized spacial score (nSPS) is 27.0. The first kappa shape index (κ1) is 103. The van der Waals surface area contributed by atoms with Gasteiger partial charge in [0.2, 0.25) is 22.7 Å². The monoisotopic (exact) mass is 1600 g/mol. The third-order valence-corrected chi connectivity index (χ3v) is 17.0. The van der Waals surface area contributed by atoms with Crippen molar-refractivity contribution in [2.45, 2.75) is 287 Å². The number of β-amino-alcohol motifs (C(OH)–C–C–N with tert-alkyl or cyclic N) is 1. The van der Waals surface area contributed by atoms with E-state index in [1.54, 1.807) is 34.0 Å². The van der Waals surface area contributed by atoms with E-state index < -0.39 is 87.3 Å². The predicted molar refractivity (Wildman–Crippen MR) is 434 cm³/mol. The van der Waals surface area contributed by atoms with Crippen LogP contribution in [0.1, 0.15) is 235 Å². The van der Waals surface area contributed by atoms with E-state index in [2.05, 4.69) is 98.8 Å². The van der Waals surface area contributed by atoms with Crippen LogP contribution < -0.4 is 0 Å². The van der Waals surface area contributed by atoms with Gasteiger partial charge in [0, 0.05) is 104 Å². The molecule has 4 aliphatic heterocycles. The number of hydrogen-bond acceptors (Lipinski definition) is 18. The molecule has 6 heterocycles. The number of aliphatic hydroxyl groups is 9. The summed E-state index contributed by atoms with van der Waals surface area (Å²) in [4.78, 5) is 81.3. The zero-order valence-electron chi connectivity index (χ0n) is 73.0. The first-order chi connectivity index (χ1) is 51.7. The molecular weight excluding hydrogens is 1480 g/mol. The molecule has 4 saturated heterocycles. The highest BCUT2D eigenvalue weighted by Gasteiger charge is 2.65. The van der Waals surface area contributed by atoms with Crippen LogP contribution in [0, 0.1) is 139 Å². The number of carbonyl (C=O) groups is 6. The van der Waals surface area contributed by atoms with Crippen LogP contribution in [0.2, 0.25) is 0 Å². The summed E-state index contributed by atoms with van der Waals surface area (Å²) in [5.74, 6) is 37.2. The minimum atomic E-state index is -3.51. The molecule has 115 heavy (non-hydrogen) atoms. The van der Waals surface area contributed by atoms with E-state index in [0.717, 1.165) is 40.3 Å². The maximum Gasteiger partial charge on any atom is 0.313 e. The van der Waals surface area contributed by atoms with Gasteiger partial charge in [-0.05, 0) is 202 Å². The van der Waals surface area contributed by atoms with E-state index in [-0.39, 0.29) is 80.3 Å². The number of hydrogen-bond donors (Lipinski definition) is 9. The van der Waals surface area contributed by atoms with Crippen molar-refractivity contribution >= 4 is 35.2 Å². The molecule has 0 aromatic carbocycles. The highest BCUT2D eigenvalue weighted by molar-refractivity contribution is 5.94. The molecule has 7 aliphatic rings. The Morgan fingerprint density at radius 2 is 0.878 bits per heavy atom. The Balaban J connectivity index is 0.000000446. The highest BCUT2D eigenvalue weighted by atomic mass is 19.3. The lowest BCUT2D eigenvalue weighted by Crippen LogP contribution is -2.48. The van der Waals surface area contributed by atoms with Gasteiger partial charge in [0.1, 0.15) is 12.4 Å². The Morgan fingerprint density at radius 3 is 1.22 bits per heavy atom.